The van der Waals surface area contributed by atoms with Crippen LogP contribution in [-0.2, 0) is 0 Å². The van der Waals surface area contributed by atoms with Gasteiger partial charge < -0.3 is 10.1 Å². The van der Waals surface area contributed by atoms with E-state index in [1.54, 1.807) is 41.8 Å². The summed E-state index contributed by atoms with van der Waals surface area (Å²) in [5.41, 5.74) is 3.10. The number of aryl methyl sites for hydroxylation is 1. The minimum atomic E-state index is -0.619. The molecule has 3 heterocycles. The number of rotatable bonds is 8. The number of imidazole rings is 1. The Labute approximate surface area is 233 Å². The van der Waals surface area contributed by atoms with E-state index in [1.807, 2.05) is 42.5 Å². The monoisotopic (exact) mass is 536 g/mol. The van der Waals surface area contributed by atoms with E-state index in [-0.39, 0.29) is 24.3 Å². The average Bonchev–Trinajstić information content (AvgIpc) is 3.45. The lowest BCUT2D eigenvalue weighted by Crippen LogP contribution is -2.41. The summed E-state index contributed by atoms with van der Waals surface area (Å²) >= 11 is 0. The summed E-state index contributed by atoms with van der Waals surface area (Å²) in [7, 11) is 0. The van der Waals surface area contributed by atoms with Gasteiger partial charge in [-0.15, -0.1) is 0 Å². The van der Waals surface area contributed by atoms with E-state index in [4.69, 9.17) is 9.72 Å². The Morgan fingerprint density at radius 3 is 2.33 bits per heavy atom. The molecule has 40 heavy (non-hydrogen) atoms. The lowest BCUT2D eigenvalue weighted by Gasteiger charge is -2.24. The van der Waals surface area contributed by atoms with Gasteiger partial charge in [0.25, 0.3) is 17.7 Å². The summed E-state index contributed by atoms with van der Waals surface area (Å²) in [6.07, 6.45) is 7.94. The number of aromatic nitrogens is 2. The first kappa shape index (κ1) is 25.8. The van der Waals surface area contributed by atoms with E-state index in [0.29, 0.717) is 46.4 Å². The second kappa shape index (κ2) is 11.0. The van der Waals surface area contributed by atoms with Crippen molar-refractivity contribution in [2.24, 2.45) is 5.92 Å². The highest BCUT2D eigenvalue weighted by molar-refractivity contribution is 6.21. The molecule has 2 aromatic carbocycles. The molecular weight excluding hydrogens is 504 g/mol. The van der Waals surface area contributed by atoms with Gasteiger partial charge in [0, 0.05) is 6.20 Å². The normalized spacial score (nSPS) is 16.3. The molecule has 1 N–H and O–H groups in total. The van der Waals surface area contributed by atoms with Gasteiger partial charge in [-0.1, -0.05) is 61.7 Å². The molecule has 0 saturated heterocycles. The molecule has 0 spiro atoms. The van der Waals surface area contributed by atoms with Gasteiger partial charge in [-0.3, -0.25) is 23.7 Å². The third-order valence-corrected chi connectivity index (χ3v) is 7.95. The molecule has 1 aliphatic carbocycles. The summed E-state index contributed by atoms with van der Waals surface area (Å²) in [6.45, 7) is 2.45. The van der Waals surface area contributed by atoms with Gasteiger partial charge >= 0.3 is 0 Å². The Hall–Kier alpha value is -4.46. The molecule has 2 aromatic heterocycles. The lowest BCUT2D eigenvalue weighted by molar-refractivity contribution is 0.0628. The summed E-state index contributed by atoms with van der Waals surface area (Å²) in [5.74, 6) is 0.130. The SMILES string of the molecule is Cc1nc2c(OCC3CCCCC3)cccn2c1C(=O)N[C@@H](CN1C(=O)c2ccccc2C1=O)c1ccccc1. The minimum absolute atomic E-state index is 0.00757. The van der Waals surface area contributed by atoms with Crippen LogP contribution in [0.15, 0.2) is 72.9 Å². The van der Waals surface area contributed by atoms with Crippen LogP contribution in [-0.4, -0.2) is 45.2 Å². The smallest absolute Gasteiger partial charge is 0.270 e. The van der Waals surface area contributed by atoms with Crippen LogP contribution in [0.3, 0.4) is 0 Å². The molecule has 1 aliphatic heterocycles. The maximum atomic E-state index is 13.8. The fourth-order valence-corrected chi connectivity index (χ4v) is 5.84. The maximum absolute atomic E-state index is 13.8. The third-order valence-electron chi connectivity index (χ3n) is 7.95. The molecule has 0 radical (unpaired) electrons. The molecular formula is C32H32N4O4. The highest BCUT2D eigenvalue weighted by Gasteiger charge is 2.37. The number of pyridine rings is 1. The van der Waals surface area contributed by atoms with Gasteiger partial charge in [0.05, 0.1) is 36.0 Å². The van der Waals surface area contributed by atoms with E-state index in [2.05, 4.69) is 5.32 Å². The zero-order valence-electron chi connectivity index (χ0n) is 22.5. The van der Waals surface area contributed by atoms with Crippen molar-refractivity contribution in [2.75, 3.05) is 13.2 Å². The van der Waals surface area contributed by atoms with E-state index in [1.165, 1.54) is 37.0 Å². The van der Waals surface area contributed by atoms with Crippen molar-refractivity contribution < 1.29 is 19.1 Å². The highest BCUT2D eigenvalue weighted by atomic mass is 16.5. The third kappa shape index (κ3) is 4.85. The van der Waals surface area contributed by atoms with Gasteiger partial charge in [-0.25, -0.2) is 4.98 Å². The molecule has 2 aliphatic rings. The quantitative estimate of drug-likeness (QED) is 0.306. The molecule has 0 unspecified atom stereocenters. The average molecular weight is 537 g/mol. The Morgan fingerprint density at radius 2 is 1.62 bits per heavy atom. The first-order valence-electron chi connectivity index (χ1n) is 13.9. The Kier molecular flexibility index (Phi) is 7.07. The number of fused-ring (bicyclic) bond motifs is 2. The van der Waals surface area contributed by atoms with Crippen LogP contribution in [0.2, 0.25) is 0 Å². The number of nitrogens with one attached hydrogen (secondary N) is 1. The predicted molar refractivity (Wildman–Crippen MR) is 150 cm³/mol. The van der Waals surface area contributed by atoms with E-state index in [0.717, 1.165) is 5.56 Å². The molecule has 0 bridgehead atoms. The molecule has 1 saturated carbocycles. The largest absolute Gasteiger partial charge is 0.489 e. The number of benzene rings is 2. The van der Waals surface area contributed by atoms with Crippen molar-refractivity contribution in [3.8, 4) is 5.75 Å². The maximum Gasteiger partial charge on any atom is 0.270 e. The van der Waals surface area contributed by atoms with Crippen molar-refractivity contribution in [1.82, 2.24) is 19.6 Å². The first-order chi connectivity index (χ1) is 19.5. The highest BCUT2D eigenvalue weighted by Crippen LogP contribution is 2.28. The van der Waals surface area contributed by atoms with Crippen molar-refractivity contribution in [2.45, 2.75) is 45.1 Å². The summed E-state index contributed by atoms with van der Waals surface area (Å²) in [6, 6.07) is 19.3. The number of carbonyl (C=O) groups excluding carboxylic acids is 3. The van der Waals surface area contributed by atoms with Crippen LogP contribution in [0.4, 0.5) is 0 Å². The molecule has 6 rings (SSSR count). The molecule has 1 atom stereocenters. The zero-order valence-corrected chi connectivity index (χ0v) is 22.5. The van der Waals surface area contributed by atoms with Crippen LogP contribution in [0.25, 0.3) is 5.65 Å². The van der Waals surface area contributed by atoms with Crippen molar-refractivity contribution in [1.29, 1.82) is 0 Å². The van der Waals surface area contributed by atoms with Gasteiger partial charge in [0.15, 0.2) is 11.4 Å². The van der Waals surface area contributed by atoms with Gasteiger partial charge in [0.2, 0.25) is 0 Å². The Morgan fingerprint density at radius 1 is 0.950 bits per heavy atom. The first-order valence-corrected chi connectivity index (χ1v) is 13.9. The fraction of sp³-hybridized carbons (Fsp3) is 0.312. The van der Waals surface area contributed by atoms with E-state index >= 15 is 0 Å². The molecule has 1 fully saturated rings. The zero-order chi connectivity index (χ0) is 27.6. The van der Waals surface area contributed by atoms with Crippen LogP contribution >= 0.6 is 0 Å². The Bertz CT molecular complexity index is 1540. The molecule has 3 amide bonds. The van der Waals surface area contributed by atoms with Crippen molar-refractivity contribution in [3.05, 3.63) is 101 Å². The van der Waals surface area contributed by atoms with Gasteiger partial charge in [0.1, 0.15) is 5.69 Å². The van der Waals surface area contributed by atoms with Crippen LogP contribution < -0.4 is 10.1 Å². The summed E-state index contributed by atoms with van der Waals surface area (Å²) in [5, 5.41) is 3.08. The number of amides is 3. The number of carbonyl (C=O) groups is 3. The minimum Gasteiger partial charge on any atom is -0.489 e. The van der Waals surface area contributed by atoms with Crippen molar-refractivity contribution in [3.63, 3.8) is 0 Å². The standard InChI is InChI=1S/C32H32N4O4/c1-21-28(35-18-10-17-27(29(35)33-21)40-20-22-11-4-2-5-12-22)30(37)34-26(23-13-6-3-7-14-23)19-36-31(38)24-15-8-9-16-25(24)32(36)39/h3,6-10,13-18,22,26H,2,4-5,11-12,19-20H2,1H3,(H,34,37)/t26-/m0/s1. The fourth-order valence-electron chi connectivity index (χ4n) is 5.84. The van der Waals surface area contributed by atoms with Crippen LogP contribution in [0, 0.1) is 12.8 Å². The topological polar surface area (TPSA) is 93.0 Å². The molecule has 8 heteroatoms. The summed E-state index contributed by atoms with van der Waals surface area (Å²) < 4.78 is 7.96. The second-order valence-corrected chi connectivity index (χ2v) is 10.6. The number of nitrogens with zero attached hydrogens (tertiary/aromatic N) is 3. The lowest BCUT2D eigenvalue weighted by atomic mass is 9.90. The Balaban J connectivity index is 1.26. The van der Waals surface area contributed by atoms with Crippen LogP contribution in [0.5, 0.6) is 5.75 Å². The number of imide groups is 1. The molecule has 8 nitrogen and oxygen atoms in total. The number of hydrogen-bond acceptors (Lipinski definition) is 5. The molecule has 4 aromatic rings. The second-order valence-electron chi connectivity index (χ2n) is 10.6. The molecule has 204 valence electrons. The number of hydrogen-bond donors (Lipinski definition) is 1. The van der Waals surface area contributed by atoms with Crippen LogP contribution in [0.1, 0.15) is 80.6 Å². The predicted octanol–water partition coefficient (Wildman–Crippen LogP) is 5.37. The van der Waals surface area contributed by atoms with E-state index < -0.39 is 6.04 Å². The van der Waals surface area contributed by atoms with Gasteiger partial charge in [-0.05, 0) is 55.5 Å². The summed E-state index contributed by atoms with van der Waals surface area (Å²) in [4.78, 5) is 45.9. The number of ether oxygens (including phenoxy) is 1. The van der Waals surface area contributed by atoms with E-state index in [9.17, 15) is 14.4 Å². The van der Waals surface area contributed by atoms with Crippen molar-refractivity contribution >= 4 is 23.4 Å². The van der Waals surface area contributed by atoms with Gasteiger partial charge in [-0.2, -0.15) is 0 Å².